The summed E-state index contributed by atoms with van der Waals surface area (Å²) in [6.07, 6.45) is -2.29. The molecule has 2 heterocycles. The van der Waals surface area contributed by atoms with Gasteiger partial charge < -0.3 is 5.32 Å². The molecule has 2 aromatic rings. The molecule has 1 aromatic heterocycles. The lowest BCUT2D eigenvalue weighted by Gasteiger charge is -2.27. The molecule has 108 valence electrons. The number of halogens is 3. The second-order valence-electron chi connectivity index (χ2n) is 5.44. The zero-order valence-electron chi connectivity index (χ0n) is 11.1. The third kappa shape index (κ3) is 2.56. The molecular weight excluding hydrogens is 283 g/mol. The lowest BCUT2D eigenvalue weighted by atomic mass is 9.91. The predicted octanol–water partition coefficient (Wildman–Crippen LogP) is 4.78. The van der Waals surface area contributed by atoms with E-state index in [0.29, 0.717) is 17.3 Å². The van der Waals surface area contributed by atoms with Crippen LogP contribution in [0.4, 0.5) is 13.2 Å². The minimum Gasteiger partial charge on any atom is -0.314 e. The van der Waals surface area contributed by atoms with Crippen LogP contribution in [0.25, 0.3) is 10.1 Å². The minimum atomic E-state index is -4.28. The number of hydrogen-bond donors (Lipinski definition) is 1. The van der Waals surface area contributed by atoms with E-state index in [1.54, 1.807) is 12.1 Å². The Balaban J connectivity index is 2.02. The Morgan fingerprint density at radius 1 is 1.30 bits per heavy atom. The number of benzene rings is 1. The summed E-state index contributed by atoms with van der Waals surface area (Å²) in [5, 5.41) is 3.73. The standard InChI is InChI=1S/C15H16F3NS/c1-9-7-10(5-6-19-9)14-8-11-12(15(16,17)18)3-2-4-13(11)20-14/h2-4,8-10,19H,5-7H2,1H3/t9-,10-/m1/s1. The maximum atomic E-state index is 13.0. The highest BCUT2D eigenvalue weighted by molar-refractivity contribution is 7.19. The largest absolute Gasteiger partial charge is 0.417 e. The summed E-state index contributed by atoms with van der Waals surface area (Å²) in [4.78, 5) is 1.09. The number of thiophene rings is 1. The monoisotopic (exact) mass is 299 g/mol. The van der Waals surface area contributed by atoms with Crippen LogP contribution < -0.4 is 5.32 Å². The quantitative estimate of drug-likeness (QED) is 0.799. The SMILES string of the molecule is C[C@@H]1C[C@H](c2cc3c(C(F)(F)F)cccc3s2)CCN1. The molecule has 0 amide bonds. The van der Waals surface area contributed by atoms with E-state index in [0.717, 1.165) is 29.0 Å². The summed E-state index contributed by atoms with van der Waals surface area (Å²) in [7, 11) is 0. The molecule has 0 radical (unpaired) electrons. The topological polar surface area (TPSA) is 12.0 Å². The molecular formula is C15H16F3NS. The fraction of sp³-hybridized carbons (Fsp3) is 0.467. The normalized spacial score (nSPS) is 24.2. The van der Waals surface area contributed by atoms with Crippen LogP contribution in [-0.4, -0.2) is 12.6 Å². The van der Waals surface area contributed by atoms with Crippen LogP contribution in [0.5, 0.6) is 0 Å². The zero-order valence-corrected chi connectivity index (χ0v) is 11.9. The molecule has 1 saturated heterocycles. The van der Waals surface area contributed by atoms with Gasteiger partial charge in [0.25, 0.3) is 0 Å². The number of fused-ring (bicyclic) bond motifs is 1. The van der Waals surface area contributed by atoms with E-state index in [2.05, 4.69) is 12.2 Å². The Hall–Kier alpha value is -1.07. The van der Waals surface area contributed by atoms with Crippen LogP contribution in [0.3, 0.4) is 0 Å². The molecule has 0 aliphatic carbocycles. The second-order valence-corrected chi connectivity index (χ2v) is 6.56. The van der Waals surface area contributed by atoms with Crippen molar-refractivity contribution in [3.05, 3.63) is 34.7 Å². The van der Waals surface area contributed by atoms with Crippen LogP contribution in [-0.2, 0) is 6.18 Å². The van der Waals surface area contributed by atoms with Crippen LogP contribution in [0.1, 0.15) is 36.1 Å². The summed E-state index contributed by atoms with van der Waals surface area (Å²) < 4.78 is 39.8. The van der Waals surface area contributed by atoms with Gasteiger partial charge in [-0.05, 0) is 50.4 Å². The summed E-state index contributed by atoms with van der Waals surface area (Å²) >= 11 is 1.51. The highest BCUT2D eigenvalue weighted by Gasteiger charge is 2.33. The smallest absolute Gasteiger partial charge is 0.314 e. The molecule has 1 nitrogen and oxygen atoms in total. The maximum absolute atomic E-state index is 13.0. The van der Waals surface area contributed by atoms with Crippen molar-refractivity contribution in [3.63, 3.8) is 0 Å². The summed E-state index contributed by atoms with van der Waals surface area (Å²) in [5.74, 6) is 0.379. The van der Waals surface area contributed by atoms with Gasteiger partial charge >= 0.3 is 6.18 Å². The van der Waals surface area contributed by atoms with E-state index in [1.807, 2.05) is 0 Å². The Bertz CT molecular complexity index is 617. The number of piperidine rings is 1. The number of nitrogens with one attached hydrogen (secondary N) is 1. The van der Waals surface area contributed by atoms with Crippen molar-refractivity contribution in [2.45, 2.75) is 37.9 Å². The zero-order chi connectivity index (χ0) is 14.3. The van der Waals surface area contributed by atoms with Crippen molar-refractivity contribution in [2.24, 2.45) is 0 Å². The Morgan fingerprint density at radius 2 is 2.10 bits per heavy atom. The fourth-order valence-corrected chi connectivity index (χ4v) is 4.16. The van der Waals surface area contributed by atoms with Gasteiger partial charge in [0.1, 0.15) is 0 Å². The van der Waals surface area contributed by atoms with E-state index in [4.69, 9.17) is 0 Å². The van der Waals surface area contributed by atoms with Gasteiger partial charge in [-0.2, -0.15) is 13.2 Å². The molecule has 1 aliphatic rings. The van der Waals surface area contributed by atoms with E-state index in [1.165, 1.54) is 23.5 Å². The lowest BCUT2D eigenvalue weighted by molar-refractivity contribution is -0.136. The molecule has 0 bridgehead atoms. The van der Waals surface area contributed by atoms with Gasteiger partial charge in [-0.25, -0.2) is 0 Å². The van der Waals surface area contributed by atoms with E-state index >= 15 is 0 Å². The van der Waals surface area contributed by atoms with Gasteiger partial charge in [0.2, 0.25) is 0 Å². The number of hydrogen-bond acceptors (Lipinski definition) is 2. The number of rotatable bonds is 1. The van der Waals surface area contributed by atoms with E-state index in [-0.39, 0.29) is 0 Å². The third-order valence-electron chi connectivity index (χ3n) is 3.91. The Labute approximate surface area is 119 Å². The highest BCUT2D eigenvalue weighted by Crippen LogP contribution is 2.41. The summed E-state index contributed by atoms with van der Waals surface area (Å²) in [5.41, 5.74) is -0.514. The first-order chi connectivity index (χ1) is 9.45. The van der Waals surface area contributed by atoms with Gasteiger partial charge in [-0.3, -0.25) is 0 Å². The average molecular weight is 299 g/mol. The molecule has 5 heteroatoms. The van der Waals surface area contributed by atoms with Crippen LogP contribution >= 0.6 is 11.3 Å². The summed E-state index contributed by atoms with van der Waals surface area (Å²) in [6.45, 7) is 3.06. The second kappa shape index (κ2) is 5.04. The van der Waals surface area contributed by atoms with Gasteiger partial charge in [0.15, 0.2) is 0 Å². The van der Waals surface area contributed by atoms with Crippen LogP contribution in [0.15, 0.2) is 24.3 Å². The fourth-order valence-electron chi connectivity index (χ4n) is 2.92. The Morgan fingerprint density at radius 3 is 2.80 bits per heavy atom. The van der Waals surface area contributed by atoms with E-state index in [9.17, 15) is 13.2 Å². The lowest BCUT2D eigenvalue weighted by Crippen LogP contribution is -2.34. The first kappa shape index (κ1) is 13.9. The molecule has 1 fully saturated rings. The van der Waals surface area contributed by atoms with Crippen molar-refractivity contribution in [1.82, 2.24) is 5.32 Å². The van der Waals surface area contributed by atoms with Crippen molar-refractivity contribution >= 4 is 21.4 Å². The first-order valence-corrected chi connectivity index (χ1v) is 7.60. The summed E-state index contributed by atoms with van der Waals surface area (Å²) in [6, 6.07) is 6.64. The molecule has 1 aromatic carbocycles. The van der Waals surface area contributed by atoms with Gasteiger partial charge in [-0.15, -0.1) is 11.3 Å². The molecule has 0 unspecified atom stereocenters. The molecule has 2 atom stereocenters. The minimum absolute atomic E-state index is 0.353. The van der Waals surface area contributed by atoms with Crippen molar-refractivity contribution in [3.8, 4) is 0 Å². The van der Waals surface area contributed by atoms with Gasteiger partial charge in [-0.1, -0.05) is 6.07 Å². The van der Waals surface area contributed by atoms with Crippen LogP contribution in [0.2, 0.25) is 0 Å². The first-order valence-electron chi connectivity index (χ1n) is 6.78. The molecule has 0 saturated carbocycles. The third-order valence-corrected chi connectivity index (χ3v) is 5.17. The highest BCUT2D eigenvalue weighted by atomic mass is 32.1. The molecule has 1 aliphatic heterocycles. The number of alkyl halides is 3. The van der Waals surface area contributed by atoms with Crippen LogP contribution in [0, 0.1) is 0 Å². The van der Waals surface area contributed by atoms with Crippen molar-refractivity contribution < 1.29 is 13.2 Å². The Kier molecular flexibility index (Phi) is 3.50. The average Bonchev–Trinajstić information content (AvgIpc) is 2.81. The predicted molar refractivity (Wildman–Crippen MR) is 76.3 cm³/mol. The molecule has 1 N–H and O–H groups in total. The van der Waals surface area contributed by atoms with E-state index < -0.39 is 11.7 Å². The maximum Gasteiger partial charge on any atom is 0.417 e. The van der Waals surface area contributed by atoms with Crippen molar-refractivity contribution in [2.75, 3.05) is 6.54 Å². The van der Waals surface area contributed by atoms with Gasteiger partial charge in [0, 0.05) is 21.0 Å². The van der Waals surface area contributed by atoms with Gasteiger partial charge in [0.05, 0.1) is 5.56 Å². The van der Waals surface area contributed by atoms with Crippen molar-refractivity contribution in [1.29, 1.82) is 0 Å². The molecule has 0 spiro atoms. The molecule has 3 rings (SSSR count). The molecule has 20 heavy (non-hydrogen) atoms.